The quantitative estimate of drug-likeness (QED) is 0.649. The zero-order valence-corrected chi connectivity index (χ0v) is 12.3. The molecule has 0 saturated carbocycles. The molecule has 0 aliphatic rings. The lowest BCUT2D eigenvalue weighted by Crippen LogP contribution is -2.27. The number of hydrogen-bond acceptors (Lipinski definition) is 2. The van der Waals surface area contributed by atoms with Crippen molar-refractivity contribution in [3.8, 4) is 17.1 Å². The van der Waals surface area contributed by atoms with E-state index in [1.54, 1.807) is 0 Å². The monoisotopic (exact) mass is 309 g/mol. The lowest BCUT2D eigenvalue weighted by Gasteiger charge is -1.96. The molecule has 3 aromatic rings. The van der Waals surface area contributed by atoms with E-state index in [9.17, 15) is 0 Å². The second-order valence-electron chi connectivity index (χ2n) is 3.78. The van der Waals surface area contributed by atoms with E-state index in [0.717, 1.165) is 17.1 Å². The highest BCUT2D eigenvalue weighted by Gasteiger charge is 2.22. The first-order valence-electron chi connectivity index (χ1n) is 5.54. The van der Waals surface area contributed by atoms with Crippen LogP contribution in [0.5, 0.6) is 0 Å². The van der Waals surface area contributed by atoms with Gasteiger partial charge in [-0.15, -0.1) is 16.4 Å². The van der Waals surface area contributed by atoms with Gasteiger partial charge in [-0.25, -0.2) is 0 Å². The minimum absolute atomic E-state index is 0. The Kier molecular flexibility index (Phi) is 4.53. The first kappa shape index (κ1) is 14.0. The summed E-state index contributed by atoms with van der Waals surface area (Å²) in [7, 11) is 0. The Bertz CT molecular complexity index is 597. The number of halogens is 2. The lowest BCUT2D eigenvalue weighted by atomic mass is 10.2. The van der Waals surface area contributed by atoms with E-state index in [1.165, 1.54) is 11.5 Å². The third kappa shape index (κ3) is 2.95. The highest BCUT2D eigenvalue weighted by atomic mass is 35.5. The van der Waals surface area contributed by atoms with Crippen molar-refractivity contribution in [2.45, 2.75) is 0 Å². The average molecular weight is 310 g/mol. The van der Waals surface area contributed by atoms with E-state index >= 15 is 0 Å². The van der Waals surface area contributed by atoms with Gasteiger partial charge in [0.1, 0.15) is 17.2 Å². The van der Waals surface area contributed by atoms with Crippen molar-refractivity contribution in [2.24, 2.45) is 0 Å². The third-order valence-corrected chi connectivity index (χ3v) is 3.68. The molecule has 0 fully saturated rings. The van der Waals surface area contributed by atoms with Crippen molar-refractivity contribution in [3.63, 3.8) is 0 Å². The summed E-state index contributed by atoms with van der Waals surface area (Å²) < 4.78 is 2.58. The van der Waals surface area contributed by atoms with Crippen LogP contribution in [0.3, 0.4) is 0 Å². The molecule has 2 aromatic carbocycles. The summed E-state index contributed by atoms with van der Waals surface area (Å²) in [6.45, 7) is 0. The number of para-hydroxylation sites is 1. The molecule has 5 heteroatoms. The summed E-state index contributed by atoms with van der Waals surface area (Å²) in [5.41, 5.74) is 2.13. The molecular formula is C14H11Cl2N2S+. The summed E-state index contributed by atoms with van der Waals surface area (Å²) >= 11 is 7.49. The van der Waals surface area contributed by atoms with Gasteiger partial charge in [-0.05, 0) is 40.9 Å². The minimum Gasteiger partial charge on any atom is -0.147 e. The molecule has 0 saturated heterocycles. The summed E-state index contributed by atoms with van der Waals surface area (Å²) in [6, 6.07) is 20.1. The second-order valence-corrected chi connectivity index (χ2v) is 5.29. The van der Waals surface area contributed by atoms with Crippen molar-refractivity contribution in [3.05, 3.63) is 65.1 Å². The van der Waals surface area contributed by atoms with Crippen molar-refractivity contribution in [1.82, 2.24) is 4.98 Å². The van der Waals surface area contributed by atoms with Gasteiger partial charge in [-0.1, -0.05) is 36.4 Å². The summed E-state index contributed by atoms with van der Waals surface area (Å²) in [6.07, 6.45) is 0. The van der Waals surface area contributed by atoms with E-state index in [0.29, 0.717) is 4.47 Å². The van der Waals surface area contributed by atoms with Crippen LogP contribution in [-0.4, -0.2) is 4.98 Å². The minimum atomic E-state index is 0. The fourth-order valence-corrected chi connectivity index (χ4v) is 2.80. The van der Waals surface area contributed by atoms with Crippen LogP contribution in [0, 0.1) is 0 Å². The highest BCUT2D eigenvalue weighted by Crippen LogP contribution is 2.21. The van der Waals surface area contributed by atoms with Crippen LogP contribution in [0.25, 0.3) is 17.1 Å². The standard InChI is InChI=1S/C14H10ClN2S.ClH/c15-14-16-13(11-7-3-1-4-8-11)17(18-14)12-9-5-2-6-10-12;/h1-10H;1H/q+1;. The van der Waals surface area contributed by atoms with Gasteiger partial charge in [-0.2, -0.15) is 0 Å². The van der Waals surface area contributed by atoms with Crippen LogP contribution in [0.15, 0.2) is 60.7 Å². The smallest absolute Gasteiger partial charge is 0.147 e. The molecule has 0 radical (unpaired) electrons. The van der Waals surface area contributed by atoms with Crippen LogP contribution in [0.1, 0.15) is 0 Å². The highest BCUT2D eigenvalue weighted by molar-refractivity contribution is 7.06. The lowest BCUT2D eigenvalue weighted by molar-refractivity contribution is -0.510. The van der Waals surface area contributed by atoms with Crippen molar-refractivity contribution in [1.29, 1.82) is 0 Å². The van der Waals surface area contributed by atoms with E-state index in [2.05, 4.69) is 4.98 Å². The van der Waals surface area contributed by atoms with E-state index in [1.807, 2.05) is 64.6 Å². The topological polar surface area (TPSA) is 16.8 Å². The molecule has 0 amide bonds. The Morgan fingerprint density at radius 1 is 0.895 bits per heavy atom. The largest absolute Gasteiger partial charge is 0.349 e. The molecule has 0 spiro atoms. The Hall–Kier alpha value is -1.42. The number of rotatable bonds is 2. The molecule has 0 aliphatic carbocycles. The molecule has 0 bridgehead atoms. The normalized spacial score (nSPS) is 9.95. The molecule has 2 nitrogen and oxygen atoms in total. The average Bonchev–Trinajstić information content (AvgIpc) is 2.83. The number of hydrogen-bond donors (Lipinski definition) is 0. The molecule has 1 aromatic heterocycles. The van der Waals surface area contributed by atoms with Crippen LogP contribution >= 0.6 is 35.5 Å². The molecule has 0 atom stereocenters. The molecule has 1 heterocycles. The van der Waals surface area contributed by atoms with Gasteiger partial charge in [-0.3, -0.25) is 0 Å². The van der Waals surface area contributed by atoms with Gasteiger partial charge in [0.15, 0.2) is 0 Å². The Labute approximate surface area is 126 Å². The molecule has 19 heavy (non-hydrogen) atoms. The first-order valence-corrected chi connectivity index (χ1v) is 6.69. The first-order chi connectivity index (χ1) is 8.84. The number of aromatic nitrogens is 2. The molecule has 3 rings (SSSR count). The van der Waals surface area contributed by atoms with Gasteiger partial charge >= 0.3 is 10.3 Å². The number of benzene rings is 2. The maximum absolute atomic E-state index is 6.05. The van der Waals surface area contributed by atoms with Gasteiger partial charge in [0, 0.05) is 0 Å². The third-order valence-electron chi connectivity index (χ3n) is 2.58. The fourth-order valence-electron chi connectivity index (χ4n) is 1.78. The summed E-state index contributed by atoms with van der Waals surface area (Å²) in [5, 5.41) is 0. The molecule has 96 valence electrons. The Morgan fingerprint density at radius 3 is 2.11 bits per heavy atom. The fraction of sp³-hybridized carbons (Fsp3) is 0. The van der Waals surface area contributed by atoms with Crippen LogP contribution in [0.4, 0.5) is 0 Å². The summed E-state index contributed by atoms with van der Waals surface area (Å²) in [5.74, 6) is 0.872. The van der Waals surface area contributed by atoms with Crippen molar-refractivity contribution < 1.29 is 3.96 Å². The van der Waals surface area contributed by atoms with E-state index in [4.69, 9.17) is 11.6 Å². The van der Waals surface area contributed by atoms with Gasteiger partial charge in [0.2, 0.25) is 0 Å². The molecule has 0 unspecified atom stereocenters. The maximum Gasteiger partial charge on any atom is 0.349 e. The molecular weight excluding hydrogens is 299 g/mol. The SMILES string of the molecule is Cl.Clc1nc(-c2ccccc2)[n+](-c2ccccc2)s1. The predicted octanol–water partition coefficient (Wildman–Crippen LogP) is 4.16. The zero-order valence-electron chi connectivity index (χ0n) is 9.86. The van der Waals surface area contributed by atoms with Crippen LogP contribution in [0.2, 0.25) is 4.47 Å². The molecule has 0 N–H and O–H groups in total. The Morgan fingerprint density at radius 2 is 1.47 bits per heavy atom. The second kappa shape index (κ2) is 6.15. The van der Waals surface area contributed by atoms with E-state index < -0.39 is 0 Å². The van der Waals surface area contributed by atoms with Crippen LogP contribution in [-0.2, 0) is 0 Å². The maximum atomic E-state index is 6.05. The van der Waals surface area contributed by atoms with Crippen molar-refractivity contribution >= 4 is 35.5 Å². The zero-order chi connectivity index (χ0) is 12.4. The Balaban J connectivity index is 0.00000133. The van der Waals surface area contributed by atoms with Crippen molar-refractivity contribution in [2.75, 3.05) is 0 Å². The molecule has 0 aliphatic heterocycles. The predicted molar refractivity (Wildman–Crippen MR) is 81.3 cm³/mol. The van der Waals surface area contributed by atoms with E-state index in [-0.39, 0.29) is 12.4 Å². The van der Waals surface area contributed by atoms with Gasteiger partial charge < -0.3 is 0 Å². The van der Waals surface area contributed by atoms with Gasteiger partial charge in [0.25, 0.3) is 0 Å². The summed E-state index contributed by atoms with van der Waals surface area (Å²) in [4.78, 5) is 4.40. The van der Waals surface area contributed by atoms with Crippen LogP contribution < -0.4 is 3.96 Å². The van der Waals surface area contributed by atoms with Gasteiger partial charge in [0.05, 0.1) is 5.56 Å². The number of nitrogens with zero attached hydrogens (tertiary/aromatic N) is 2.